The predicted octanol–water partition coefficient (Wildman–Crippen LogP) is 1.83. The third-order valence-electron chi connectivity index (χ3n) is 0.406. The van der Waals surface area contributed by atoms with Crippen LogP contribution < -0.4 is 0 Å². The molecule has 0 bridgehead atoms. The van der Waals surface area contributed by atoms with Crippen LogP contribution in [0.1, 0.15) is 0 Å². The maximum Gasteiger partial charge on any atom is 0.0967 e. The maximum atomic E-state index is 4.76. The van der Waals surface area contributed by atoms with Gasteiger partial charge in [-0.3, -0.25) is 5.10 Å². The molecule has 0 radical (unpaired) electrons. The van der Waals surface area contributed by atoms with E-state index in [0.29, 0.717) is 0 Å². The second-order valence-corrected chi connectivity index (χ2v) is 1.68. The molecule has 0 saturated heterocycles. The molecule has 0 unspecified atom stereocenters. The molecule has 0 aliphatic heterocycles. The molecule has 1 rings (SSSR count). The van der Waals surface area contributed by atoms with Crippen molar-refractivity contribution in [1.82, 2.24) is 10.2 Å². The minimum atomic E-state index is 0.194. The molecule has 4 heteroatoms. The number of halogens is 2. The fraction of sp³-hybridized carbons (Fsp3) is 0.250. The Balaban J connectivity index is 0.000000145. The highest BCUT2D eigenvalue weighted by Crippen LogP contribution is 1.73. The third-order valence-corrected chi connectivity index (χ3v) is 0.406. The highest BCUT2D eigenvalue weighted by molar-refractivity contribution is 6.40. The zero-order valence-corrected chi connectivity index (χ0v) is 5.65. The fourth-order valence-electron chi connectivity index (χ4n) is 0.215. The van der Waals surface area contributed by atoms with Crippen molar-refractivity contribution in [3.63, 3.8) is 0 Å². The van der Waals surface area contributed by atoms with Crippen LogP contribution in [0.2, 0.25) is 0 Å². The first kappa shape index (κ1) is 7.79. The molecule has 0 aliphatic carbocycles. The molecule has 8 heavy (non-hydrogen) atoms. The molecule has 1 heterocycles. The fourth-order valence-corrected chi connectivity index (χ4v) is 0.215. The molecule has 0 atom stereocenters. The summed E-state index contributed by atoms with van der Waals surface area (Å²) in [5.41, 5.74) is 0. The number of aromatic nitrogens is 2. The minimum Gasteiger partial charge on any atom is -0.286 e. The Morgan fingerprint density at radius 3 is 2.25 bits per heavy atom. The SMILES string of the molecule is ClCCl.c1cn[nH]c1. The number of alkyl halides is 2. The summed E-state index contributed by atoms with van der Waals surface area (Å²) in [6.45, 7) is 0. The van der Waals surface area contributed by atoms with Gasteiger partial charge in [0, 0.05) is 12.4 Å². The van der Waals surface area contributed by atoms with Gasteiger partial charge >= 0.3 is 0 Å². The van der Waals surface area contributed by atoms with Crippen LogP contribution in [0.5, 0.6) is 0 Å². The Hall–Kier alpha value is -0.210. The lowest BCUT2D eigenvalue weighted by molar-refractivity contribution is 1.09. The molecule has 1 aromatic rings. The first-order chi connectivity index (χ1) is 3.91. The quantitative estimate of drug-likeness (QED) is 0.566. The van der Waals surface area contributed by atoms with Gasteiger partial charge in [-0.05, 0) is 6.07 Å². The first-order valence-corrected chi connectivity index (χ1v) is 3.04. The van der Waals surface area contributed by atoms with Gasteiger partial charge in [-0.2, -0.15) is 5.10 Å². The van der Waals surface area contributed by atoms with E-state index < -0.39 is 0 Å². The van der Waals surface area contributed by atoms with Crippen molar-refractivity contribution in [3.8, 4) is 0 Å². The van der Waals surface area contributed by atoms with E-state index in [0.717, 1.165) is 0 Å². The lowest BCUT2D eigenvalue weighted by atomic mass is 10.8. The van der Waals surface area contributed by atoms with Crippen LogP contribution in [0.4, 0.5) is 0 Å². The summed E-state index contributed by atoms with van der Waals surface area (Å²) in [6, 6.07) is 1.83. The average molecular weight is 153 g/mol. The molecule has 0 fully saturated rings. The molecular formula is C4H6Cl2N2. The Bertz CT molecular complexity index is 78.9. The van der Waals surface area contributed by atoms with Crippen molar-refractivity contribution in [2.45, 2.75) is 0 Å². The van der Waals surface area contributed by atoms with Gasteiger partial charge in [0.15, 0.2) is 0 Å². The zero-order chi connectivity index (χ0) is 6.24. The van der Waals surface area contributed by atoms with E-state index in [-0.39, 0.29) is 5.34 Å². The largest absolute Gasteiger partial charge is 0.286 e. The number of H-pyrrole nitrogens is 1. The average Bonchev–Trinajstić information content (AvgIpc) is 2.17. The highest BCUT2D eigenvalue weighted by atomic mass is 35.5. The van der Waals surface area contributed by atoms with Crippen molar-refractivity contribution in [2.24, 2.45) is 0 Å². The molecule has 2 nitrogen and oxygen atoms in total. The number of aromatic amines is 1. The molecule has 0 aliphatic rings. The Morgan fingerprint density at radius 2 is 2.12 bits per heavy atom. The van der Waals surface area contributed by atoms with Crippen LogP contribution >= 0.6 is 23.2 Å². The Morgan fingerprint density at radius 1 is 1.50 bits per heavy atom. The second-order valence-electron chi connectivity index (χ2n) is 0.867. The number of hydrogen-bond acceptors (Lipinski definition) is 1. The van der Waals surface area contributed by atoms with E-state index in [1.807, 2.05) is 6.07 Å². The summed E-state index contributed by atoms with van der Waals surface area (Å²) >= 11 is 9.53. The van der Waals surface area contributed by atoms with Crippen LogP contribution in [-0.4, -0.2) is 15.5 Å². The summed E-state index contributed by atoms with van der Waals surface area (Å²) in [7, 11) is 0. The summed E-state index contributed by atoms with van der Waals surface area (Å²) in [5, 5.41) is 6.40. The van der Waals surface area contributed by atoms with Gasteiger partial charge in [-0.25, -0.2) is 0 Å². The van der Waals surface area contributed by atoms with Crippen molar-refractivity contribution in [1.29, 1.82) is 0 Å². The number of nitrogens with zero attached hydrogens (tertiary/aromatic N) is 1. The van der Waals surface area contributed by atoms with E-state index in [1.165, 1.54) is 0 Å². The molecule has 0 amide bonds. The summed E-state index contributed by atoms with van der Waals surface area (Å²) < 4.78 is 0. The van der Waals surface area contributed by atoms with E-state index in [2.05, 4.69) is 10.2 Å². The molecule has 1 N–H and O–H groups in total. The standard InChI is InChI=1S/C3H4N2.CH2Cl2/c1-2-4-5-3-1;2-1-3/h1-3H,(H,4,5);1H2. The van der Waals surface area contributed by atoms with Crippen molar-refractivity contribution >= 4 is 23.2 Å². The van der Waals surface area contributed by atoms with Gasteiger partial charge in [0.1, 0.15) is 0 Å². The highest BCUT2D eigenvalue weighted by Gasteiger charge is 1.56. The van der Waals surface area contributed by atoms with Crippen LogP contribution in [0.15, 0.2) is 18.5 Å². The molecule has 46 valence electrons. The van der Waals surface area contributed by atoms with E-state index in [4.69, 9.17) is 23.2 Å². The van der Waals surface area contributed by atoms with E-state index >= 15 is 0 Å². The summed E-state index contributed by atoms with van der Waals surface area (Å²) in [4.78, 5) is 0. The minimum absolute atomic E-state index is 0.194. The molecule has 0 spiro atoms. The predicted molar refractivity (Wildman–Crippen MR) is 35.2 cm³/mol. The Labute approximate surface area is 57.8 Å². The van der Waals surface area contributed by atoms with Gasteiger partial charge in [-0.1, -0.05) is 0 Å². The lowest BCUT2D eigenvalue weighted by Gasteiger charge is -1.49. The topological polar surface area (TPSA) is 28.7 Å². The van der Waals surface area contributed by atoms with Gasteiger partial charge in [-0.15, -0.1) is 23.2 Å². The van der Waals surface area contributed by atoms with Crippen LogP contribution in [0.3, 0.4) is 0 Å². The monoisotopic (exact) mass is 152 g/mol. The van der Waals surface area contributed by atoms with Gasteiger partial charge in [0.05, 0.1) is 5.34 Å². The van der Waals surface area contributed by atoms with Crippen molar-refractivity contribution in [2.75, 3.05) is 5.34 Å². The van der Waals surface area contributed by atoms with Gasteiger partial charge < -0.3 is 0 Å². The second kappa shape index (κ2) is 6.79. The Kier molecular flexibility index (Phi) is 6.61. The molecule has 0 aromatic carbocycles. The van der Waals surface area contributed by atoms with E-state index in [1.54, 1.807) is 12.4 Å². The van der Waals surface area contributed by atoms with Crippen LogP contribution in [0, 0.1) is 0 Å². The molecular weight excluding hydrogens is 147 g/mol. The summed E-state index contributed by atoms with van der Waals surface area (Å²) in [5.74, 6) is 0. The van der Waals surface area contributed by atoms with Gasteiger partial charge in [0.25, 0.3) is 0 Å². The summed E-state index contributed by atoms with van der Waals surface area (Å²) in [6.07, 6.45) is 3.46. The smallest absolute Gasteiger partial charge is 0.0967 e. The number of nitrogens with one attached hydrogen (secondary N) is 1. The maximum absolute atomic E-state index is 4.76. The third kappa shape index (κ3) is 5.79. The van der Waals surface area contributed by atoms with Crippen LogP contribution in [-0.2, 0) is 0 Å². The molecule has 0 saturated carbocycles. The van der Waals surface area contributed by atoms with Crippen molar-refractivity contribution in [3.05, 3.63) is 18.5 Å². The zero-order valence-electron chi connectivity index (χ0n) is 4.14. The van der Waals surface area contributed by atoms with Crippen LogP contribution in [0.25, 0.3) is 0 Å². The number of hydrogen-bond donors (Lipinski definition) is 1. The van der Waals surface area contributed by atoms with Gasteiger partial charge in [0.2, 0.25) is 0 Å². The van der Waals surface area contributed by atoms with Crippen molar-refractivity contribution < 1.29 is 0 Å². The number of rotatable bonds is 0. The lowest BCUT2D eigenvalue weighted by Crippen LogP contribution is -1.53. The first-order valence-electron chi connectivity index (χ1n) is 1.97. The molecule has 1 aromatic heterocycles. The normalized spacial score (nSPS) is 7.25. The van der Waals surface area contributed by atoms with E-state index in [9.17, 15) is 0 Å².